The van der Waals surface area contributed by atoms with Gasteiger partial charge in [-0.2, -0.15) is 5.10 Å². The zero-order valence-electron chi connectivity index (χ0n) is 9.54. The number of aryl methyl sites for hydroxylation is 2. The Morgan fingerprint density at radius 2 is 2.12 bits per heavy atom. The van der Waals surface area contributed by atoms with Crippen molar-refractivity contribution in [3.05, 3.63) is 11.4 Å². The van der Waals surface area contributed by atoms with Gasteiger partial charge in [-0.15, -0.1) is 0 Å². The largest absolute Gasteiger partial charge is 0.281 e. The summed E-state index contributed by atoms with van der Waals surface area (Å²) >= 11 is 3.37. The minimum atomic E-state index is -3.44. The highest BCUT2D eigenvalue weighted by atomic mass is 79.9. The number of aromatic amines is 1. The summed E-state index contributed by atoms with van der Waals surface area (Å²) in [6, 6.07) is 0. The van der Waals surface area contributed by atoms with Gasteiger partial charge in [0.2, 0.25) is 10.0 Å². The third-order valence-corrected chi connectivity index (χ3v) is 4.34. The lowest BCUT2D eigenvalue weighted by atomic mass is 10.3. The lowest BCUT2D eigenvalue weighted by molar-refractivity contribution is 0.578. The summed E-state index contributed by atoms with van der Waals surface area (Å²) in [6.07, 6.45) is 0.745. The van der Waals surface area contributed by atoms with Gasteiger partial charge < -0.3 is 0 Å². The standard InChI is InChI=1S/C9H16BrN3O2S/c1-6(10)4-5-11-16(14,15)9-7(2)12-13-8(9)3/h6,11H,4-5H2,1-3H3,(H,12,13). The number of hydrogen-bond acceptors (Lipinski definition) is 3. The van der Waals surface area contributed by atoms with Gasteiger partial charge in [-0.3, -0.25) is 5.10 Å². The van der Waals surface area contributed by atoms with Crippen molar-refractivity contribution < 1.29 is 8.42 Å². The molecular formula is C9H16BrN3O2S. The number of hydrogen-bond donors (Lipinski definition) is 2. The average Bonchev–Trinajstić information content (AvgIpc) is 2.45. The topological polar surface area (TPSA) is 74.8 Å². The molecule has 1 heterocycles. The molecule has 7 heteroatoms. The van der Waals surface area contributed by atoms with E-state index in [0.717, 1.165) is 6.42 Å². The van der Waals surface area contributed by atoms with Crippen LogP contribution in [0.5, 0.6) is 0 Å². The highest BCUT2D eigenvalue weighted by molar-refractivity contribution is 9.09. The smallest absolute Gasteiger partial charge is 0.244 e. The first-order valence-corrected chi connectivity index (χ1v) is 7.40. The van der Waals surface area contributed by atoms with E-state index in [-0.39, 0.29) is 4.90 Å². The Hall–Kier alpha value is -0.400. The second kappa shape index (κ2) is 5.29. The Morgan fingerprint density at radius 1 is 1.50 bits per heavy atom. The van der Waals surface area contributed by atoms with Crippen LogP contribution in [-0.2, 0) is 10.0 Å². The maximum Gasteiger partial charge on any atom is 0.244 e. The fraction of sp³-hybridized carbons (Fsp3) is 0.667. The molecule has 92 valence electrons. The Bertz CT molecular complexity index is 434. The minimum absolute atomic E-state index is 0.259. The van der Waals surface area contributed by atoms with Crippen LogP contribution in [-0.4, -0.2) is 30.0 Å². The van der Waals surface area contributed by atoms with Crippen LogP contribution in [0.2, 0.25) is 0 Å². The van der Waals surface area contributed by atoms with Gasteiger partial charge in [0.15, 0.2) is 0 Å². The van der Waals surface area contributed by atoms with Crippen molar-refractivity contribution in [3.63, 3.8) is 0 Å². The van der Waals surface area contributed by atoms with Gasteiger partial charge in [0.05, 0.1) is 11.4 Å². The summed E-state index contributed by atoms with van der Waals surface area (Å²) in [6.45, 7) is 5.76. The molecular weight excluding hydrogens is 294 g/mol. The number of halogens is 1. The van der Waals surface area contributed by atoms with E-state index >= 15 is 0 Å². The Labute approximate surface area is 104 Å². The van der Waals surface area contributed by atoms with Crippen LogP contribution in [0.3, 0.4) is 0 Å². The first-order valence-electron chi connectivity index (χ1n) is 5.00. The van der Waals surface area contributed by atoms with Crippen molar-refractivity contribution in [1.29, 1.82) is 0 Å². The third kappa shape index (κ3) is 3.29. The number of H-pyrrole nitrogens is 1. The van der Waals surface area contributed by atoms with Crippen molar-refractivity contribution in [2.24, 2.45) is 0 Å². The van der Waals surface area contributed by atoms with E-state index < -0.39 is 10.0 Å². The highest BCUT2D eigenvalue weighted by Crippen LogP contribution is 2.16. The van der Waals surface area contributed by atoms with Crippen LogP contribution in [0.1, 0.15) is 24.7 Å². The van der Waals surface area contributed by atoms with E-state index in [2.05, 4.69) is 30.8 Å². The van der Waals surface area contributed by atoms with Gasteiger partial charge in [-0.25, -0.2) is 13.1 Å². The molecule has 1 aromatic rings. The summed E-state index contributed by atoms with van der Waals surface area (Å²) in [5, 5.41) is 6.54. The van der Waals surface area contributed by atoms with Crippen molar-refractivity contribution in [3.8, 4) is 0 Å². The fourth-order valence-corrected chi connectivity index (χ4v) is 3.04. The molecule has 0 saturated heterocycles. The first kappa shape index (κ1) is 13.7. The number of sulfonamides is 1. The molecule has 0 aliphatic heterocycles. The molecule has 0 aliphatic rings. The number of nitrogens with zero attached hydrogens (tertiary/aromatic N) is 1. The minimum Gasteiger partial charge on any atom is -0.281 e. The number of rotatable bonds is 5. The molecule has 0 saturated carbocycles. The number of nitrogens with one attached hydrogen (secondary N) is 2. The first-order chi connectivity index (χ1) is 7.34. The zero-order chi connectivity index (χ0) is 12.3. The van der Waals surface area contributed by atoms with Gasteiger partial charge >= 0.3 is 0 Å². The van der Waals surface area contributed by atoms with Gasteiger partial charge in [0.1, 0.15) is 4.90 Å². The summed E-state index contributed by atoms with van der Waals surface area (Å²) in [7, 11) is -3.44. The highest BCUT2D eigenvalue weighted by Gasteiger charge is 2.21. The molecule has 0 amide bonds. The monoisotopic (exact) mass is 309 g/mol. The molecule has 0 aliphatic carbocycles. The lowest BCUT2D eigenvalue weighted by Crippen LogP contribution is -2.26. The van der Waals surface area contributed by atoms with Crippen molar-refractivity contribution in [1.82, 2.24) is 14.9 Å². The normalized spacial score (nSPS) is 14.0. The second-order valence-corrected chi connectivity index (χ2v) is 7.00. The third-order valence-electron chi connectivity index (χ3n) is 2.16. The molecule has 0 aromatic carbocycles. The van der Waals surface area contributed by atoms with Crippen LogP contribution in [0.15, 0.2) is 4.90 Å². The number of aromatic nitrogens is 2. The summed E-state index contributed by atoms with van der Waals surface area (Å²) in [4.78, 5) is 0.552. The van der Waals surface area contributed by atoms with E-state index in [4.69, 9.17) is 0 Å². The van der Waals surface area contributed by atoms with Crippen molar-refractivity contribution in [2.45, 2.75) is 36.9 Å². The second-order valence-electron chi connectivity index (χ2n) is 3.73. The average molecular weight is 310 g/mol. The van der Waals surface area contributed by atoms with Crippen LogP contribution < -0.4 is 4.72 Å². The zero-order valence-corrected chi connectivity index (χ0v) is 11.9. The number of alkyl halides is 1. The van der Waals surface area contributed by atoms with Crippen molar-refractivity contribution >= 4 is 26.0 Å². The van der Waals surface area contributed by atoms with Crippen LogP contribution in [0.4, 0.5) is 0 Å². The molecule has 1 atom stereocenters. The quantitative estimate of drug-likeness (QED) is 0.809. The molecule has 1 unspecified atom stereocenters. The molecule has 1 rings (SSSR count). The SMILES string of the molecule is Cc1n[nH]c(C)c1S(=O)(=O)NCCC(C)Br. The fourth-order valence-electron chi connectivity index (χ4n) is 1.40. The van der Waals surface area contributed by atoms with E-state index in [1.807, 2.05) is 6.92 Å². The summed E-state index contributed by atoms with van der Waals surface area (Å²) in [5.74, 6) is 0. The predicted octanol–water partition coefficient (Wildman–Crippen LogP) is 1.48. The Kier molecular flexibility index (Phi) is 4.52. The van der Waals surface area contributed by atoms with Gasteiger partial charge in [0, 0.05) is 11.4 Å². The van der Waals surface area contributed by atoms with Gasteiger partial charge in [0.25, 0.3) is 0 Å². The molecule has 0 bridgehead atoms. The molecule has 0 radical (unpaired) electrons. The summed E-state index contributed by atoms with van der Waals surface area (Å²) in [5.41, 5.74) is 1.06. The van der Waals surface area contributed by atoms with E-state index in [1.165, 1.54) is 0 Å². The maximum absolute atomic E-state index is 11.9. The van der Waals surface area contributed by atoms with E-state index in [1.54, 1.807) is 13.8 Å². The molecule has 16 heavy (non-hydrogen) atoms. The maximum atomic E-state index is 11.9. The molecule has 0 fully saturated rings. The Balaban J connectivity index is 2.79. The van der Waals surface area contributed by atoms with Gasteiger partial charge in [-0.1, -0.05) is 22.9 Å². The Morgan fingerprint density at radius 3 is 2.56 bits per heavy atom. The molecule has 1 aromatic heterocycles. The van der Waals surface area contributed by atoms with Crippen LogP contribution in [0.25, 0.3) is 0 Å². The van der Waals surface area contributed by atoms with Gasteiger partial charge in [-0.05, 0) is 20.3 Å². The summed E-state index contributed by atoms with van der Waals surface area (Å²) < 4.78 is 26.4. The molecule has 2 N–H and O–H groups in total. The predicted molar refractivity (Wildman–Crippen MR) is 66.3 cm³/mol. The van der Waals surface area contributed by atoms with Crippen LogP contribution >= 0.6 is 15.9 Å². The van der Waals surface area contributed by atoms with E-state index in [9.17, 15) is 8.42 Å². The molecule has 0 spiro atoms. The van der Waals surface area contributed by atoms with Crippen LogP contribution in [0, 0.1) is 13.8 Å². The van der Waals surface area contributed by atoms with Crippen molar-refractivity contribution in [2.75, 3.05) is 6.54 Å². The van der Waals surface area contributed by atoms with E-state index in [0.29, 0.717) is 22.8 Å². The lowest BCUT2D eigenvalue weighted by Gasteiger charge is -2.07. The molecule has 5 nitrogen and oxygen atoms in total.